The van der Waals surface area contributed by atoms with Gasteiger partial charge in [-0.3, -0.25) is 9.59 Å². The molecule has 2 N–H and O–H groups in total. The molecule has 1 aromatic rings. The third-order valence-corrected chi connectivity index (χ3v) is 4.99. The van der Waals surface area contributed by atoms with Gasteiger partial charge in [0.05, 0.1) is 0 Å². The SMILES string of the molecule is O=C(CN1C(=O)CCc2ccccc21)NC1(C(=O)O)CCCCC1. The van der Waals surface area contributed by atoms with E-state index in [9.17, 15) is 19.5 Å². The van der Waals surface area contributed by atoms with E-state index >= 15 is 0 Å². The molecule has 6 nitrogen and oxygen atoms in total. The molecule has 1 fully saturated rings. The summed E-state index contributed by atoms with van der Waals surface area (Å²) in [6.45, 7) is -0.134. The molecule has 1 saturated carbocycles. The fourth-order valence-corrected chi connectivity index (χ4v) is 3.67. The largest absolute Gasteiger partial charge is 0.480 e. The van der Waals surface area contributed by atoms with Crippen molar-refractivity contribution in [2.75, 3.05) is 11.4 Å². The summed E-state index contributed by atoms with van der Waals surface area (Å²) in [5.74, 6) is -1.50. The zero-order chi connectivity index (χ0) is 17.2. The molecule has 6 heteroatoms. The van der Waals surface area contributed by atoms with Crippen LogP contribution in [0, 0.1) is 0 Å². The predicted molar refractivity (Wildman–Crippen MR) is 88.7 cm³/mol. The van der Waals surface area contributed by atoms with Crippen LogP contribution in [0.25, 0.3) is 0 Å². The monoisotopic (exact) mass is 330 g/mol. The fourth-order valence-electron chi connectivity index (χ4n) is 3.67. The minimum Gasteiger partial charge on any atom is -0.480 e. The molecule has 24 heavy (non-hydrogen) atoms. The van der Waals surface area contributed by atoms with E-state index in [4.69, 9.17) is 0 Å². The van der Waals surface area contributed by atoms with E-state index < -0.39 is 17.4 Å². The summed E-state index contributed by atoms with van der Waals surface area (Å²) < 4.78 is 0. The number of fused-ring (bicyclic) bond motifs is 1. The number of carbonyl (C=O) groups excluding carboxylic acids is 2. The van der Waals surface area contributed by atoms with Crippen molar-refractivity contribution >= 4 is 23.5 Å². The third kappa shape index (κ3) is 3.13. The van der Waals surface area contributed by atoms with Gasteiger partial charge in [0.1, 0.15) is 12.1 Å². The second-order valence-corrected chi connectivity index (χ2v) is 6.60. The van der Waals surface area contributed by atoms with Crippen LogP contribution in [-0.2, 0) is 20.8 Å². The number of carbonyl (C=O) groups is 3. The number of anilines is 1. The van der Waals surface area contributed by atoms with E-state index in [-0.39, 0.29) is 12.5 Å². The molecule has 1 aliphatic heterocycles. The number of hydrogen-bond acceptors (Lipinski definition) is 3. The van der Waals surface area contributed by atoms with E-state index in [1.807, 2.05) is 24.3 Å². The summed E-state index contributed by atoms with van der Waals surface area (Å²) in [5.41, 5.74) is 0.598. The highest BCUT2D eigenvalue weighted by molar-refractivity contribution is 6.01. The van der Waals surface area contributed by atoms with Crippen LogP contribution in [0.4, 0.5) is 5.69 Å². The molecule has 0 atom stereocenters. The fraction of sp³-hybridized carbons (Fsp3) is 0.500. The molecule has 0 unspecified atom stereocenters. The molecule has 0 saturated heterocycles. The number of hydrogen-bond donors (Lipinski definition) is 2. The van der Waals surface area contributed by atoms with E-state index in [2.05, 4.69) is 5.32 Å². The smallest absolute Gasteiger partial charge is 0.329 e. The average molecular weight is 330 g/mol. The number of rotatable bonds is 4. The average Bonchev–Trinajstić information content (AvgIpc) is 2.58. The van der Waals surface area contributed by atoms with Gasteiger partial charge in [-0.1, -0.05) is 37.5 Å². The Morgan fingerprint density at radius 1 is 1.12 bits per heavy atom. The predicted octanol–water partition coefficient (Wildman–Crippen LogP) is 1.87. The van der Waals surface area contributed by atoms with Crippen molar-refractivity contribution in [3.63, 3.8) is 0 Å². The summed E-state index contributed by atoms with van der Waals surface area (Å²) in [4.78, 5) is 37.8. The Balaban J connectivity index is 1.75. The molecule has 1 aliphatic carbocycles. The maximum atomic E-state index is 12.5. The first-order valence-electron chi connectivity index (χ1n) is 8.44. The van der Waals surface area contributed by atoms with Crippen LogP contribution < -0.4 is 10.2 Å². The molecule has 3 rings (SSSR count). The normalized spacial score (nSPS) is 19.5. The molecule has 0 aromatic heterocycles. The zero-order valence-electron chi connectivity index (χ0n) is 13.6. The van der Waals surface area contributed by atoms with Gasteiger partial charge in [-0.25, -0.2) is 4.79 Å². The van der Waals surface area contributed by atoms with Gasteiger partial charge >= 0.3 is 5.97 Å². The third-order valence-electron chi connectivity index (χ3n) is 4.99. The topological polar surface area (TPSA) is 86.7 Å². The minimum atomic E-state index is -1.19. The highest BCUT2D eigenvalue weighted by atomic mass is 16.4. The van der Waals surface area contributed by atoms with Crippen LogP contribution in [0.1, 0.15) is 44.1 Å². The molecule has 128 valence electrons. The second-order valence-electron chi connectivity index (χ2n) is 6.60. The first-order chi connectivity index (χ1) is 11.5. The van der Waals surface area contributed by atoms with Crippen LogP contribution in [0.15, 0.2) is 24.3 Å². The molecule has 2 aliphatic rings. The van der Waals surface area contributed by atoms with Crippen molar-refractivity contribution in [3.05, 3.63) is 29.8 Å². The molecule has 2 amide bonds. The first-order valence-corrected chi connectivity index (χ1v) is 8.44. The second kappa shape index (κ2) is 6.63. The molecule has 1 aromatic carbocycles. The zero-order valence-corrected chi connectivity index (χ0v) is 13.6. The van der Waals surface area contributed by atoms with Crippen molar-refractivity contribution < 1.29 is 19.5 Å². The highest BCUT2D eigenvalue weighted by Crippen LogP contribution is 2.30. The van der Waals surface area contributed by atoms with Crippen molar-refractivity contribution in [2.24, 2.45) is 0 Å². The maximum absolute atomic E-state index is 12.5. The van der Waals surface area contributed by atoms with Gasteiger partial charge in [-0.2, -0.15) is 0 Å². The van der Waals surface area contributed by atoms with Crippen LogP contribution in [0.2, 0.25) is 0 Å². The molecule has 0 spiro atoms. The van der Waals surface area contributed by atoms with Gasteiger partial charge in [0, 0.05) is 12.1 Å². The summed E-state index contributed by atoms with van der Waals surface area (Å²) in [6, 6.07) is 7.52. The number of benzene rings is 1. The van der Waals surface area contributed by atoms with E-state index in [1.165, 1.54) is 4.90 Å². The summed E-state index contributed by atoms with van der Waals surface area (Å²) in [7, 11) is 0. The van der Waals surface area contributed by atoms with Gasteiger partial charge in [0.2, 0.25) is 11.8 Å². The number of carboxylic acids is 1. The Morgan fingerprint density at radius 3 is 2.54 bits per heavy atom. The standard InChI is InChI=1S/C18H22N2O4/c21-15(19-18(17(23)24)10-4-1-5-11-18)12-20-14-7-3-2-6-13(14)8-9-16(20)22/h2-3,6-7H,1,4-5,8-12H2,(H,19,21)(H,23,24). The quantitative estimate of drug-likeness (QED) is 0.882. The Bertz CT molecular complexity index is 665. The molecular weight excluding hydrogens is 308 g/mol. The summed E-state index contributed by atoms with van der Waals surface area (Å²) in [6.07, 6.45) is 4.50. The van der Waals surface area contributed by atoms with Gasteiger partial charge < -0.3 is 15.3 Å². The number of aryl methyl sites for hydroxylation is 1. The van der Waals surface area contributed by atoms with E-state index in [1.54, 1.807) is 0 Å². The van der Waals surface area contributed by atoms with Crippen LogP contribution in [0.3, 0.4) is 0 Å². The number of para-hydroxylation sites is 1. The molecule has 0 radical (unpaired) electrons. The number of nitrogens with zero attached hydrogens (tertiary/aromatic N) is 1. The molecule has 1 heterocycles. The Kier molecular flexibility index (Phi) is 4.55. The van der Waals surface area contributed by atoms with Gasteiger partial charge in [-0.05, 0) is 30.9 Å². The minimum absolute atomic E-state index is 0.100. The van der Waals surface area contributed by atoms with Crippen molar-refractivity contribution in [3.8, 4) is 0 Å². The lowest BCUT2D eigenvalue weighted by atomic mass is 9.81. The lowest BCUT2D eigenvalue weighted by Crippen LogP contribution is -2.58. The Morgan fingerprint density at radius 2 is 1.83 bits per heavy atom. The number of nitrogens with one attached hydrogen (secondary N) is 1. The lowest BCUT2D eigenvalue weighted by Gasteiger charge is -2.35. The van der Waals surface area contributed by atoms with Gasteiger partial charge in [-0.15, -0.1) is 0 Å². The van der Waals surface area contributed by atoms with Crippen molar-refractivity contribution in [2.45, 2.75) is 50.5 Å². The van der Waals surface area contributed by atoms with E-state index in [0.717, 1.165) is 30.5 Å². The number of carboxylic acid groups (broad SMARTS) is 1. The number of amides is 2. The van der Waals surface area contributed by atoms with Gasteiger partial charge in [0.15, 0.2) is 0 Å². The van der Waals surface area contributed by atoms with Crippen molar-refractivity contribution in [1.29, 1.82) is 0 Å². The first kappa shape index (κ1) is 16.5. The van der Waals surface area contributed by atoms with Gasteiger partial charge in [0.25, 0.3) is 0 Å². The molecular formula is C18H22N2O4. The summed E-state index contributed by atoms with van der Waals surface area (Å²) in [5, 5.41) is 12.3. The lowest BCUT2D eigenvalue weighted by molar-refractivity contribution is -0.149. The van der Waals surface area contributed by atoms with Crippen molar-refractivity contribution in [1.82, 2.24) is 5.32 Å². The number of aliphatic carboxylic acids is 1. The van der Waals surface area contributed by atoms with Crippen LogP contribution in [0.5, 0.6) is 0 Å². The summed E-state index contributed by atoms with van der Waals surface area (Å²) >= 11 is 0. The van der Waals surface area contributed by atoms with Crippen LogP contribution in [-0.4, -0.2) is 35.0 Å². The maximum Gasteiger partial charge on any atom is 0.329 e. The Labute approximate surface area is 140 Å². The Hall–Kier alpha value is -2.37. The molecule has 0 bridgehead atoms. The van der Waals surface area contributed by atoms with Crippen LogP contribution >= 0.6 is 0 Å². The highest BCUT2D eigenvalue weighted by Gasteiger charge is 2.41. The van der Waals surface area contributed by atoms with E-state index in [0.29, 0.717) is 25.7 Å².